The minimum absolute atomic E-state index is 0.285. The van der Waals surface area contributed by atoms with Crippen molar-refractivity contribution in [2.75, 3.05) is 20.7 Å². The number of amides is 3. The van der Waals surface area contributed by atoms with Gasteiger partial charge < -0.3 is 10.5 Å². The summed E-state index contributed by atoms with van der Waals surface area (Å²) in [5, 5.41) is 2.00. The fourth-order valence-corrected chi connectivity index (χ4v) is 1.19. The number of esters is 1. The smallest absolute Gasteiger partial charge is 0.318 e. The maximum Gasteiger partial charge on any atom is 0.318 e. The highest BCUT2D eigenvalue weighted by Crippen LogP contribution is 2.00. The molecule has 7 nitrogen and oxygen atoms in total. The third kappa shape index (κ3) is 6.52. The molecule has 0 heterocycles. The Morgan fingerprint density at radius 2 is 2.00 bits per heavy atom. The Morgan fingerprint density at radius 3 is 2.47 bits per heavy atom. The molecular weight excluding hydrogens is 226 g/mol. The molecule has 7 heteroatoms. The maximum absolute atomic E-state index is 11.4. The third-order valence-corrected chi connectivity index (χ3v) is 2.41. The van der Waals surface area contributed by atoms with Gasteiger partial charge in [-0.2, -0.15) is 0 Å². The number of nitrogens with two attached hydrogens (primary N) is 1. The lowest BCUT2D eigenvalue weighted by atomic mass is 10.2. The second kappa shape index (κ2) is 7.61. The number of rotatable bonds is 6. The average Bonchev–Trinajstić information content (AvgIpc) is 2.26. The number of nitrogens with one attached hydrogen (secondary N) is 1. The van der Waals surface area contributed by atoms with Crippen LogP contribution in [0.4, 0.5) is 4.79 Å². The number of carbonyl (C=O) groups excluding carboxylic acids is 3. The van der Waals surface area contributed by atoms with Gasteiger partial charge in [0.1, 0.15) is 0 Å². The van der Waals surface area contributed by atoms with Crippen LogP contribution in [0.15, 0.2) is 0 Å². The number of hydrogen-bond acceptors (Lipinski definition) is 5. The van der Waals surface area contributed by atoms with E-state index in [2.05, 4.69) is 4.74 Å². The first kappa shape index (κ1) is 15.4. The predicted octanol–water partition coefficient (Wildman–Crippen LogP) is -0.545. The average molecular weight is 245 g/mol. The standard InChI is InChI=1S/C10H19N3O4/c1-7(9(15)12-10(11)16)13(2)6-4-5-8(14)17-3/h7H,4-6H2,1-3H3,(H3,11,12,15,16). The number of ether oxygens (including phenoxy) is 1. The molecule has 17 heavy (non-hydrogen) atoms. The number of methoxy groups -OCH3 is 1. The van der Waals surface area contributed by atoms with Gasteiger partial charge in [0.25, 0.3) is 0 Å². The molecule has 0 fully saturated rings. The van der Waals surface area contributed by atoms with Crippen molar-refractivity contribution < 1.29 is 19.1 Å². The van der Waals surface area contributed by atoms with Gasteiger partial charge in [0.15, 0.2) is 0 Å². The minimum atomic E-state index is -0.871. The molecule has 0 radical (unpaired) electrons. The Balaban J connectivity index is 3.96. The molecule has 0 aliphatic carbocycles. The summed E-state index contributed by atoms with van der Waals surface area (Å²) in [5.74, 6) is -0.745. The van der Waals surface area contributed by atoms with Crippen LogP contribution in [-0.2, 0) is 14.3 Å². The van der Waals surface area contributed by atoms with Crippen LogP contribution in [-0.4, -0.2) is 49.6 Å². The van der Waals surface area contributed by atoms with Gasteiger partial charge in [-0.3, -0.25) is 19.8 Å². The summed E-state index contributed by atoms with van der Waals surface area (Å²) in [6, 6.07) is -1.36. The first-order valence-electron chi connectivity index (χ1n) is 5.25. The highest BCUT2D eigenvalue weighted by atomic mass is 16.5. The van der Waals surface area contributed by atoms with Crippen molar-refractivity contribution in [3.8, 4) is 0 Å². The summed E-state index contributed by atoms with van der Waals surface area (Å²) in [4.78, 5) is 34.5. The molecule has 3 amide bonds. The van der Waals surface area contributed by atoms with Gasteiger partial charge >= 0.3 is 12.0 Å². The van der Waals surface area contributed by atoms with E-state index < -0.39 is 18.0 Å². The lowest BCUT2D eigenvalue weighted by Crippen LogP contribution is -2.47. The molecule has 0 saturated carbocycles. The molecule has 0 rings (SSSR count). The van der Waals surface area contributed by atoms with Gasteiger partial charge in [0, 0.05) is 6.42 Å². The van der Waals surface area contributed by atoms with Crippen molar-refractivity contribution >= 4 is 17.9 Å². The molecule has 98 valence electrons. The number of primary amides is 1. The number of hydrogen-bond donors (Lipinski definition) is 2. The number of nitrogens with zero attached hydrogens (tertiary/aromatic N) is 1. The van der Waals surface area contributed by atoms with Gasteiger partial charge in [-0.15, -0.1) is 0 Å². The molecule has 0 saturated heterocycles. The number of carbonyl (C=O) groups is 3. The second-order valence-electron chi connectivity index (χ2n) is 3.69. The van der Waals surface area contributed by atoms with E-state index in [1.165, 1.54) is 7.11 Å². The van der Waals surface area contributed by atoms with Crippen LogP contribution in [0, 0.1) is 0 Å². The molecule has 1 unspecified atom stereocenters. The van der Waals surface area contributed by atoms with Crippen molar-refractivity contribution in [1.29, 1.82) is 0 Å². The van der Waals surface area contributed by atoms with Gasteiger partial charge in [-0.25, -0.2) is 4.79 Å². The largest absolute Gasteiger partial charge is 0.469 e. The molecule has 0 spiro atoms. The molecular formula is C10H19N3O4. The molecule has 0 aliphatic heterocycles. The lowest BCUT2D eigenvalue weighted by Gasteiger charge is -2.22. The molecule has 0 bridgehead atoms. The zero-order chi connectivity index (χ0) is 13.4. The van der Waals surface area contributed by atoms with Crippen molar-refractivity contribution in [2.24, 2.45) is 5.73 Å². The van der Waals surface area contributed by atoms with E-state index in [-0.39, 0.29) is 5.97 Å². The Labute approximate surface area is 100 Å². The van der Waals surface area contributed by atoms with E-state index in [1.807, 2.05) is 5.32 Å². The normalized spacial score (nSPS) is 12.0. The molecule has 0 aromatic rings. The third-order valence-electron chi connectivity index (χ3n) is 2.41. The molecule has 0 aromatic heterocycles. The van der Waals surface area contributed by atoms with E-state index in [0.29, 0.717) is 19.4 Å². The van der Waals surface area contributed by atoms with E-state index in [0.717, 1.165) is 0 Å². The van der Waals surface area contributed by atoms with Crippen LogP contribution in [0.3, 0.4) is 0 Å². The molecule has 3 N–H and O–H groups in total. The van der Waals surface area contributed by atoms with E-state index in [4.69, 9.17) is 5.73 Å². The lowest BCUT2D eigenvalue weighted by molar-refractivity contribution is -0.140. The molecule has 0 aromatic carbocycles. The van der Waals surface area contributed by atoms with Crippen LogP contribution >= 0.6 is 0 Å². The quantitative estimate of drug-likeness (QED) is 0.612. The molecule has 1 atom stereocenters. The van der Waals surface area contributed by atoms with Crippen molar-refractivity contribution in [2.45, 2.75) is 25.8 Å². The van der Waals surface area contributed by atoms with Crippen molar-refractivity contribution in [3.05, 3.63) is 0 Å². The second-order valence-corrected chi connectivity index (χ2v) is 3.69. The van der Waals surface area contributed by atoms with Gasteiger partial charge in [-0.1, -0.05) is 0 Å². The van der Waals surface area contributed by atoms with Crippen molar-refractivity contribution in [3.63, 3.8) is 0 Å². The summed E-state index contributed by atoms with van der Waals surface area (Å²) in [6.07, 6.45) is 0.877. The van der Waals surface area contributed by atoms with Gasteiger partial charge in [-0.05, 0) is 26.9 Å². The Hall–Kier alpha value is -1.63. The van der Waals surface area contributed by atoms with Crippen LogP contribution in [0.1, 0.15) is 19.8 Å². The fourth-order valence-electron chi connectivity index (χ4n) is 1.19. The Morgan fingerprint density at radius 1 is 1.41 bits per heavy atom. The minimum Gasteiger partial charge on any atom is -0.469 e. The van der Waals surface area contributed by atoms with E-state index in [9.17, 15) is 14.4 Å². The number of urea groups is 1. The summed E-state index contributed by atoms with van der Waals surface area (Å²) in [6.45, 7) is 2.19. The van der Waals surface area contributed by atoms with Crippen LogP contribution in [0.2, 0.25) is 0 Å². The van der Waals surface area contributed by atoms with Crippen molar-refractivity contribution in [1.82, 2.24) is 10.2 Å². The topological polar surface area (TPSA) is 102 Å². The predicted molar refractivity (Wildman–Crippen MR) is 61.1 cm³/mol. The summed E-state index contributed by atoms with van der Waals surface area (Å²) >= 11 is 0. The fraction of sp³-hybridized carbons (Fsp3) is 0.700. The number of imide groups is 1. The Bertz CT molecular complexity index is 293. The van der Waals surface area contributed by atoms with E-state index >= 15 is 0 Å². The van der Waals surface area contributed by atoms with Gasteiger partial charge in [0.2, 0.25) is 5.91 Å². The van der Waals surface area contributed by atoms with E-state index in [1.54, 1.807) is 18.9 Å². The van der Waals surface area contributed by atoms with Crippen LogP contribution in [0.25, 0.3) is 0 Å². The maximum atomic E-state index is 11.4. The van der Waals surface area contributed by atoms with Gasteiger partial charge in [0.05, 0.1) is 13.2 Å². The SMILES string of the molecule is COC(=O)CCCN(C)C(C)C(=O)NC(N)=O. The van der Waals surface area contributed by atoms with Crippen LogP contribution < -0.4 is 11.1 Å². The summed E-state index contributed by atoms with van der Waals surface area (Å²) in [7, 11) is 3.05. The zero-order valence-electron chi connectivity index (χ0n) is 10.4. The first-order valence-corrected chi connectivity index (χ1v) is 5.25. The monoisotopic (exact) mass is 245 g/mol. The highest BCUT2D eigenvalue weighted by Gasteiger charge is 2.18. The number of likely N-dealkylation sites (N-methyl/N-ethyl adjacent to an activating group) is 1. The Kier molecular flexibility index (Phi) is 6.88. The zero-order valence-corrected chi connectivity index (χ0v) is 10.4. The summed E-state index contributed by atoms with van der Waals surface area (Å²) < 4.78 is 4.49. The summed E-state index contributed by atoms with van der Waals surface area (Å²) in [5.41, 5.74) is 4.84. The molecule has 0 aliphatic rings. The highest BCUT2D eigenvalue weighted by molar-refractivity contribution is 5.96. The van der Waals surface area contributed by atoms with Crippen LogP contribution in [0.5, 0.6) is 0 Å². The first-order chi connectivity index (χ1) is 7.88.